The fourth-order valence-corrected chi connectivity index (χ4v) is 3.29. The summed E-state index contributed by atoms with van der Waals surface area (Å²) in [7, 11) is 0. The van der Waals surface area contributed by atoms with E-state index in [2.05, 4.69) is 37.8 Å². The van der Waals surface area contributed by atoms with Gasteiger partial charge in [0.2, 0.25) is 0 Å². The lowest BCUT2D eigenvalue weighted by molar-refractivity contribution is -0.274. The summed E-state index contributed by atoms with van der Waals surface area (Å²) in [5.74, 6) is -0.173. The summed E-state index contributed by atoms with van der Waals surface area (Å²) in [6.07, 6.45) is -2.80. The van der Waals surface area contributed by atoms with Crippen LogP contribution in [0.15, 0.2) is 22.7 Å². The van der Waals surface area contributed by atoms with Crippen LogP contribution in [0.3, 0.4) is 0 Å². The van der Waals surface area contributed by atoms with Gasteiger partial charge in [-0.25, -0.2) is 0 Å². The van der Waals surface area contributed by atoms with E-state index in [4.69, 9.17) is 0 Å². The Balaban J connectivity index is 0.00000264. The first kappa shape index (κ1) is 20.5. The molecule has 0 amide bonds. The Bertz CT molecular complexity index is 496. The Labute approximate surface area is 149 Å². The molecule has 1 aromatic rings. The van der Waals surface area contributed by atoms with Crippen LogP contribution in [0.2, 0.25) is 0 Å². The molecule has 1 heterocycles. The molecule has 132 valence electrons. The second-order valence-corrected chi connectivity index (χ2v) is 6.27. The van der Waals surface area contributed by atoms with Gasteiger partial charge in [0.05, 0.1) is 0 Å². The molecule has 1 aromatic carbocycles. The predicted molar refractivity (Wildman–Crippen MR) is 90.2 cm³/mol. The van der Waals surface area contributed by atoms with E-state index in [9.17, 15) is 13.2 Å². The van der Waals surface area contributed by atoms with E-state index < -0.39 is 6.36 Å². The Kier molecular flexibility index (Phi) is 8.13. The monoisotopic (exact) mass is 416 g/mol. The molecule has 0 radical (unpaired) electrons. The molecule has 0 spiro atoms. The lowest BCUT2D eigenvalue weighted by atomic mass is 9.99. The minimum atomic E-state index is -4.67. The lowest BCUT2D eigenvalue weighted by Crippen LogP contribution is -2.45. The van der Waals surface area contributed by atoms with Crippen molar-refractivity contribution in [3.05, 3.63) is 28.2 Å². The zero-order chi connectivity index (χ0) is 16.2. The van der Waals surface area contributed by atoms with Crippen molar-refractivity contribution in [3.8, 4) is 5.75 Å². The molecule has 3 nitrogen and oxygen atoms in total. The van der Waals surface area contributed by atoms with Crippen molar-refractivity contribution >= 4 is 28.3 Å². The van der Waals surface area contributed by atoms with Gasteiger partial charge in [0.1, 0.15) is 5.75 Å². The van der Waals surface area contributed by atoms with Gasteiger partial charge in [-0.1, -0.05) is 29.3 Å². The van der Waals surface area contributed by atoms with Crippen LogP contribution in [0.25, 0.3) is 0 Å². The molecule has 0 bridgehead atoms. The summed E-state index contributed by atoms with van der Waals surface area (Å²) in [5.41, 5.74) is 0.859. The van der Waals surface area contributed by atoms with E-state index in [0.29, 0.717) is 4.47 Å². The van der Waals surface area contributed by atoms with Crippen LogP contribution in [-0.2, 0) is 0 Å². The maximum absolute atomic E-state index is 12.5. The average molecular weight is 418 g/mol. The van der Waals surface area contributed by atoms with Crippen LogP contribution in [0.1, 0.15) is 31.4 Å². The SMILES string of the molecule is CCC[C@H](c1cc(Br)cc(OC(F)(F)F)c1)N1CCNCC1.Cl. The van der Waals surface area contributed by atoms with Gasteiger partial charge in [-0.05, 0) is 30.2 Å². The van der Waals surface area contributed by atoms with Crippen LogP contribution in [0.5, 0.6) is 5.75 Å². The van der Waals surface area contributed by atoms with E-state index >= 15 is 0 Å². The molecule has 1 saturated heterocycles. The van der Waals surface area contributed by atoms with Gasteiger partial charge in [-0.3, -0.25) is 4.90 Å². The molecular weight excluding hydrogens is 397 g/mol. The normalized spacial score (nSPS) is 17.4. The third kappa shape index (κ3) is 6.49. The minimum absolute atomic E-state index is 0. The van der Waals surface area contributed by atoms with Gasteiger partial charge in [0.15, 0.2) is 0 Å². The first-order chi connectivity index (χ1) is 10.4. The van der Waals surface area contributed by atoms with Gasteiger partial charge in [0.25, 0.3) is 0 Å². The van der Waals surface area contributed by atoms with E-state index in [1.165, 1.54) is 12.1 Å². The molecule has 8 heteroatoms. The Morgan fingerprint density at radius 3 is 2.48 bits per heavy atom. The van der Waals surface area contributed by atoms with Gasteiger partial charge < -0.3 is 10.1 Å². The fraction of sp³-hybridized carbons (Fsp3) is 0.600. The number of hydrogen-bond acceptors (Lipinski definition) is 3. The highest BCUT2D eigenvalue weighted by molar-refractivity contribution is 9.10. The molecule has 1 fully saturated rings. The number of rotatable bonds is 5. The molecule has 1 N–H and O–H groups in total. The van der Waals surface area contributed by atoms with E-state index in [-0.39, 0.29) is 24.2 Å². The molecule has 1 aliphatic heterocycles. The molecule has 0 saturated carbocycles. The van der Waals surface area contributed by atoms with Gasteiger partial charge in [0, 0.05) is 36.7 Å². The maximum Gasteiger partial charge on any atom is 0.573 e. The van der Waals surface area contributed by atoms with Crippen LogP contribution in [0.4, 0.5) is 13.2 Å². The number of nitrogens with zero attached hydrogens (tertiary/aromatic N) is 1. The summed E-state index contributed by atoms with van der Waals surface area (Å²) < 4.78 is 42.0. The third-order valence-corrected chi connectivity index (χ3v) is 4.12. The fourth-order valence-electron chi connectivity index (χ4n) is 2.80. The zero-order valence-corrected chi connectivity index (χ0v) is 15.2. The lowest BCUT2D eigenvalue weighted by Gasteiger charge is -2.35. The smallest absolute Gasteiger partial charge is 0.406 e. The second-order valence-electron chi connectivity index (χ2n) is 5.36. The zero-order valence-electron chi connectivity index (χ0n) is 12.8. The highest BCUT2D eigenvalue weighted by atomic mass is 79.9. The molecular formula is C15H21BrClF3N2O. The summed E-state index contributed by atoms with van der Waals surface area (Å²) >= 11 is 3.29. The van der Waals surface area contributed by atoms with Gasteiger partial charge >= 0.3 is 6.36 Å². The third-order valence-electron chi connectivity index (χ3n) is 3.67. The number of piperazine rings is 1. The molecule has 1 atom stereocenters. The number of halogens is 5. The maximum atomic E-state index is 12.5. The Morgan fingerprint density at radius 2 is 1.91 bits per heavy atom. The Hall–Kier alpha value is -0.500. The van der Waals surface area contributed by atoms with Crippen molar-refractivity contribution in [2.24, 2.45) is 0 Å². The predicted octanol–water partition coefficient (Wildman–Crippen LogP) is 4.52. The number of alkyl halides is 3. The highest BCUT2D eigenvalue weighted by Gasteiger charge is 2.32. The molecule has 2 rings (SSSR count). The standard InChI is InChI=1S/C15H20BrF3N2O.ClH/c1-2-3-14(21-6-4-20-5-7-21)11-8-12(16)10-13(9-11)22-15(17,18)19;/h8-10,14,20H,2-7H2,1H3;1H/t14-;/m1./s1. The summed E-state index contributed by atoms with van der Waals surface area (Å²) in [6, 6.07) is 4.84. The van der Waals surface area contributed by atoms with Crippen molar-refractivity contribution in [2.75, 3.05) is 26.2 Å². The van der Waals surface area contributed by atoms with E-state index in [1.54, 1.807) is 0 Å². The molecule has 23 heavy (non-hydrogen) atoms. The number of ether oxygens (including phenoxy) is 1. The van der Waals surface area contributed by atoms with Gasteiger partial charge in [-0.15, -0.1) is 25.6 Å². The van der Waals surface area contributed by atoms with Crippen molar-refractivity contribution in [2.45, 2.75) is 32.2 Å². The molecule has 0 aromatic heterocycles. The van der Waals surface area contributed by atoms with Crippen molar-refractivity contribution in [3.63, 3.8) is 0 Å². The van der Waals surface area contributed by atoms with E-state index in [0.717, 1.165) is 44.6 Å². The quantitative estimate of drug-likeness (QED) is 0.762. The van der Waals surface area contributed by atoms with E-state index in [1.807, 2.05) is 6.07 Å². The van der Waals surface area contributed by atoms with Crippen LogP contribution >= 0.6 is 28.3 Å². The molecule has 0 aliphatic carbocycles. The first-order valence-electron chi connectivity index (χ1n) is 7.40. The molecule has 0 unspecified atom stereocenters. The van der Waals surface area contributed by atoms with Crippen LogP contribution in [0, 0.1) is 0 Å². The second kappa shape index (κ2) is 9.11. The van der Waals surface area contributed by atoms with Crippen LogP contribution in [-0.4, -0.2) is 37.4 Å². The summed E-state index contributed by atoms with van der Waals surface area (Å²) in [6.45, 7) is 5.68. The summed E-state index contributed by atoms with van der Waals surface area (Å²) in [4.78, 5) is 2.32. The van der Waals surface area contributed by atoms with Crippen molar-refractivity contribution < 1.29 is 17.9 Å². The van der Waals surface area contributed by atoms with Crippen molar-refractivity contribution in [1.82, 2.24) is 10.2 Å². The van der Waals surface area contributed by atoms with Crippen molar-refractivity contribution in [1.29, 1.82) is 0 Å². The number of hydrogen-bond donors (Lipinski definition) is 1. The minimum Gasteiger partial charge on any atom is -0.406 e. The van der Waals surface area contributed by atoms with Crippen LogP contribution < -0.4 is 10.1 Å². The largest absolute Gasteiger partial charge is 0.573 e. The topological polar surface area (TPSA) is 24.5 Å². The Morgan fingerprint density at radius 1 is 1.26 bits per heavy atom. The highest BCUT2D eigenvalue weighted by Crippen LogP contribution is 2.33. The number of benzene rings is 1. The molecule has 1 aliphatic rings. The van der Waals surface area contributed by atoms with Gasteiger partial charge in [-0.2, -0.15) is 0 Å². The summed E-state index contributed by atoms with van der Waals surface area (Å²) in [5, 5.41) is 3.29. The first-order valence-corrected chi connectivity index (χ1v) is 8.19. The number of nitrogens with one attached hydrogen (secondary N) is 1. The average Bonchev–Trinajstić information content (AvgIpc) is 2.43.